The fourth-order valence-corrected chi connectivity index (χ4v) is 4.50. The molecular weight excluding hydrogens is 368 g/mol. The molecule has 0 unspecified atom stereocenters. The molecule has 4 heterocycles. The molecule has 8 nitrogen and oxygen atoms in total. The molecule has 2 aromatic rings. The van der Waals surface area contributed by atoms with Crippen molar-refractivity contribution >= 4 is 27.3 Å². The summed E-state index contributed by atoms with van der Waals surface area (Å²) in [5.41, 5.74) is 1.66. The van der Waals surface area contributed by atoms with E-state index >= 15 is 0 Å². The van der Waals surface area contributed by atoms with Crippen molar-refractivity contribution in [2.75, 3.05) is 63.6 Å². The first-order valence-corrected chi connectivity index (χ1v) is 11.0. The quantitative estimate of drug-likeness (QED) is 0.760. The Morgan fingerprint density at radius 3 is 2.30 bits per heavy atom. The summed E-state index contributed by atoms with van der Waals surface area (Å²) in [7, 11) is -3.15. The number of ether oxygens (including phenoxy) is 1. The zero-order valence-corrected chi connectivity index (χ0v) is 16.2. The summed E-state index contributed by atoms with van der Waals surface area (Å²) >= 11 is 0. The third-order valence-corrected chi connectivity index (χ3v) is 6.51. The van der Waals surface area contributed by atoms with Crippen LogP contribution >= 0.6 is 0 Å². The Hall–Kier alpha value is -2.10. The molecule has 2 aliphatic rings. The molecule has 0 aliphatic carbocycles. The first-order chi connectivity index (χ1) is 12.9. The number of piperazine rings is 1. The third kappa shape index (κ3) is 3.67. The minimum atomic E-state index is -3.15. The highest BCUT2D eigenvalue weighted by Gasteiger charge is 2.25. The van der Waals surface area contributed by atoms with E-state index in [1.54, 1.807) is 0 Å². The molecule has 27 heavy (non-hydrogen) atoms. The molecule has 0 N–H and O–H groups in total. The van der Waals surface area contributed by atoms with Gasteiger partial charge in [-0.15, -0.1) is 0 Å². The van der Waals surface area contributed by atoms with Crippen LogP contribution in [0.25, 0.3) is 5.52 Å². The van der Waals surface area contributed by atoms with Crippen molar-refractivity contribution in [1.29, 1.82) is 0 Å². The van der Waals surface area contributed by atoms with Crippen LogP contribution in [0.4, 0.5) is 5.82 Å². The highest BCUT2D eigenvalue weighted by atomic mass is 32.2. The molecule has 9 heteroatoms. The number of amides is 1. The van der Waals surface area contributed by atoms with E-state index in [2.05, 4.69) is 4.90 Å². The number of fused-ring (bicyclic) bond motifs is 1. The summed E-state index contributed by atoms with van der Waals surface area (Å²) in [5.74, 6) is 0.997. The van der Waals surface area contributed by atoms with Gasteiger partial charge in [0.15, 0.2) is 0 Å². The predicted molar refractivity (Wildman–Crippen MR) is 103 cm³/mol. The molecule has 4 rings (SSSR count). The number of morpholine rings is 1. The van der Waals surface area contributed by atoms with Gasteiger partial charge >= 0.3 is 0 Å². The van der Waals surface area contributed by atoms with E-state index in [4.69, 9.17) is 4.74 Å². The largest absolute Gasteiger partial charge is 0.378 e. The average Bonchev–Trinajstić information content (AvgIpc) is 3.10. The van der Waals surface area contributed by atoms with Gasteiger partial charge in [-0.1, -0.05) is 0 Å². The normalized spacial score (nSPS) is 19.6. The molecule has 2 aliphatic heterocycles. The van der Waals surface area contributed by atoms with Crippen LogP contribution in [0, 0.1) is 0 Å². The Labute approximate surface area is 159 Å². The van der Waals surface area contributed by atoms with E-state index in [0.717, 1.165) is 11.3 Å². The summed E-state index contributed by atoms with van der Waals surface area (Å²) in [4.78, 5) is 16.8. The minimum Gasteiger partial charge on any atom is -0.378 e. The number of rotatable bonds is 3. The molecule has 2 aromatic heterocycles. The number of hydrogen-bond acceptors (Lipinski definition) is 5. The lowest BCUT2D eigenvalue weighted by atomic mass is 10.2. The third-order valence-electron chi connectivity index (χ3n) is 5.21. The van der Waals surface area contributed by atoms with Gasteiger partial charge in [0.05, 0.1) is 25.0 Å². The number of pyridine rings is 1. The lowest BCUT2D eigenvalue weighted by Crippen LogP contribution is -2.48. The van der Waals surface area contributed by atoms with Gasteiger partial charge in [0, 0.05) is 51.0 Å². The number of carbonyl (C=O) groups is 1. The van der Waals surface area contributed by atoms with Crippen molar-refractivity contribution in [1.82, 2.24) is 13.6 Å². The first-order valence-electron chi connectivity index (χ1n) is 9.12. The monoisotopic (exact) mass is 392 g/mol. The maximum Gasteiger partial charge on any atom is 0.255 e. The molecule has 0 radical (unpaired) electrons. The van der Waals surface area contributed by atoms with Gasteiger partial charge in [0.2, 0.25) is 10.0 Å². The van der Waals surface area contributed by atoms with Gasteiger partial charge in [-0.05, 0) is 24.3 Å². The zero-order valence-electron chi connectivity index (χ0n) is 15.4. The fraction of sp³-hybridized carbons (Fsp3) is 0.500. The minimum absolute atomic E-state index is 0.0155. The van der Waals surface area contributed by atoms with Gasteiger partial charge in [-0.2, -0.15) is 4.31 Å². The van der Waals surface area contributed by atoms with Crippen molar-refractivity contribution in [3.8, 4) is 0 Å². The van der Waals surface area contributed by atoms with E-state index in [1.807, 2.05) is 39.8 Å². The Kier molecular flexibility index (Phi) is 4.83. The summed E-state index contributed by atoms with van der Waals surface area (Å²) in [6.07, 6.45) is 3.13. The zero-order chi connectivity index (χ0) is 19.0. The van der Waals surface area contributed by atoms with Crippen molar-refractivity contribution in [2.45, 2.75) is 0 Å². The molecule has 0 aromatic carbocycles. The summed E-state index contributed by atoms with van der Waals surface area (Å²) in [6, 6.07) is 7.85. The molecular formula is C18H24N4O4S. The van der Waals surface area contributed by atoms with Gasteiger partial charge < -0.3 is 18.9 Å². The van der Waals surface area contributed by atoms with E-state index in [0.29, 0.717) is 58.0 Å². The molecule has 2 fully saturated rings. The van der Waals surface area contributed by atoms with E-state index in [1.165, 1.54) is 10.6 Å². The number of nitrogens with zero attached hydrogens (tertiary/aromatic N) is 4. The highest BCUT2D eigenvalue weighted by Crippen LogP contribution is 2.23. The second kappa shape index (κ2) is 7.14. The first kappa shape index (κ1) is 18.3. The molecule has 146 valence electrons. The van der Waals surface area contributed by atoms with Crippen LogP contribution in [0.2, 0.25) is 0 Å². The van der Waals surface area contributed by atoms with Gasteiger partial charge in [-0.25, -0.2) is 8.42 Å². The van der Waals surface area contributed by atoms with Crippen LogP contribution in [-0.2, 0) is 14.8 Å². The topological polar surface area (TPSA) is 74.6 Å². The van der Waals surface area contributed by atoms with Crippen LogP contribution in [0.3, 0.4) is 0 Å². The Morgan fingerprint density at radius 2 is 1.63 bits per heavy atom. The molecule has 0 bridgehead atoms. The number of carbonyl (C=O) groups excluding carboxylic acids is 1. The summed E-state index contributed by atoms with van der Waals surface area (Å²) in [5, 5.41) is 0. The molecule has 0 spiro atoms. The predicted octanol–water partition coefficient (Wildman–Crippen LogP) is 0.493. The van der Waals surface area contributed by atoms with E-state index < -0.39 is 10.0 Å². The standard InChI is InChI=1S/C18H24N4O4S/c1-27(24,25)21-8-6-19(7-9-21)17-5-4-16-3-2-15(14-22(16)17)18(23)20-10-12-26-13-11-20/h2-5,14H,6-13H2,1H3. The smallest absolute Gasteiger partial charge is 0.255 e. The second-order valence-electron chi connectivity index (χ2n) is 6.96. The second-order valence-corrected chi connectivity index (χ2v) is 8.94. The lowest BCUT2D eigenvalue weighted by Gasteiger charge is -2.34. The number of sulfonamides is 1. The fourth-order valence-electron chi connectivity index (χ4n) is 3.67. The molecule has 0 saturated carbocycles. The molecule has 1 amide bonds. The van der Waals surface area contributed by atoms with Gasteiger partial charge in [0.25, 0.3) is 5.91 Å². The van der Waals surface area contributed by atoms with Gasteiger partial charge in [0.1, 0.15) is 5.82 Å². The number of aromatic nitrogens is 1. The summed E-state index contributed by atoms with van der Waals surface area (Å²) < 4.78 is 32.3. The lowest BCUT2D eigenvalue weighted by molar-refractivity contribution is 0.0302. The Bertz CT molecular complexity index is 941. The van der Waals surface area contributed by atoms with Crippen LogP contribution in [0.5, 0.6) is 0 Å². The molecule has 0 atom stereocenters. The van der Waals surface area contributed by atoms with Crippen molar-refractivity contribution in [3.63, 3.8) is 0 Å². The maximum absolute atomic E-state index is 12.8. The SMILES string of the molecule is CS(=O)(=O)N1CCN(c2ccc3ccc(C(=O)N4CCOCC4)cn23)CC1. The highest BCUT2D eigenvalue weighted by molar-refractivity contribution is 7.88. The number of hydrogen-bond donors (Lipinski definition) is 0. The van der Waals surface area contributed by atoms with Gasteiger partial charge in [-0.3, -0.25) is 4.79 Å². The molecule has 2 saturated heterocycles. The van der Waals surface area contributed by atoms with Crippen molar-refractivity contribution in [2.24, 2.45) is 0 Å². The Morgan fingerprint density at radius 1 is 0.963 bits per heavy atom. The Balaban J connectivity index is 1.57. The van der Waals surface area contributed by atoms with Crippen molar-refractivity contribution < 1.29 is 17.9 Å². The van der Waals surface area contributed by atoms with Crippen LogP contribution in [0.1, 0.15) is 10.4 Å². The van der Waals surface area contributed by atoms with E-state index in [-0.39, 0.29) is 5.91 Å². The van der Waals surface area contributed by atoms with Crippen molar-refractivity contribution in [3.05, 3.63) is 36.0 Å². The average molecular weight is 392 g/mol. The van der Waals surface area contributed by atoms with Crippen LogP contribution < -0.4 is 4.90 Å². The number of anilines is 1. The maximum atomic E-state index is 12.8. The summed E-state index contributed by atoms with van der Waals surface area (Å²) in [6.45, 7) is 4.57. The van der Waals surface area contributed by atoms with E-state index in [9.17, 15) is 13.2 Å². The van der Waals surface area contributed by atoms with Crippen LogP contribution in [-0.4, -0.2) is 86.7 Å². The van der Waals surface area contributed by atoms with Crippen LogP contribution in [0.15, 0.2) is 30.5 Å².